The van der Waals surface area contributed by atoms with Crippen molar-refractivity contribution in [3.05, 3.63) is 12.2 Å². The summed E-state index contributed by atoms with van der Waals surface area (Å²) in [6.45, 7) is 6.52. The zero-order chi connectivity index (χ0) is 40.7. The lowest BCUT2D eigenvalue weighted by molar-refractivity contribution is -0.378. The predicted octanol–water partition coefficient (Wildman–Crippen LogP) is -2.94. The van der Waals surface area contributed by atoms with Gasteiger partial charge in [0.25, 0.3) is 0 Å². The van der Waals surface area contributed by atoms with Crippen molar-refractivity contribution in [3.8, 4) is 0 Å². The van der Waals surface area contributed by atoms with Crippen LogP contribution in [0.25, 0.3) is 0 Å². The summed E-state index contributed by atoms with van der Waals surface area (Å²) in [6, 6.07) is 0. The number of esters is 1. The molecule has 0 aromatic carbocycles. The maximum absolute atomic E-state index is 14.1. The molecule has 0 amide bonds. The van der Waals surface area contributed by atoms with Crippen molar-refractivity contribution >= 4 is 5.97 Å². The minimum atomic E-state index is -1.81. The van der Waals surface area contributed by atoms with Crippen molar-refractivity contribution in [2.45, 2.75) is 169 Å². The fraction of sp³-hybridized carbons (Fsp3) is 0.921. The van der Waals surface area contributed by atoms with E-state index >= 15 is 0 Å². The van der Waals surface area contributed by atoms with Gasteiger partial charge < -0.3 is 84.6 Å². The number of aliphatic hydroxyl groups is 11. The van der Waals surface area contributed by atoms with Crippen LogP contribution in [0.4, 0.5) is 0 Å². The summed E-state index contributed by atoms with van der Waals surface area (Å²) in [6.07, 6.45) is -17.8. The number of fused-ring (bicyclic) bond motifs is 3. The van der Waals surface area contributed by atoms with Gasteiger partial charge in [-0.05, 0) is 86.5 Å². The van der Waals surface area contributed by atoms with Crippen LogP contribution in [-0.2, 0) is 33.2 Å². The molecule has 320 valence electrons. The number of aliphatic hydroxyl groups excluding tert-OH is 11. The van der Waals surface area contributed by atoms with E-state index in [1.54, 1.807) is 0 Å². The molecular formula is C38H60O18. The fourth-order valence-electron chi connectivity index (χ4n) is 12.0. The molecule has 7 fully saturated rings. The van der Waals surface area contributed by atoms with E-state index in [4.69, 9.17) is 28.4 Å². The summed E-state index contributed by atoms with van der Waals surface area (Å²) in [5.74, 6) is -0.591. The van der Waals surface area contributed by atoms with Crippen LogP contribution in [-0.4, -0.2) is 180 Å². The molecule has 0 aromatic rings. The summed E-state index contributed by atoms with van der Waals surface area (Å²) in [7, 11) is 0. The van der Waals surface area contributed by atoms with Crippen LogP contribution < -0.4 is 0 Å². The lowest BCUT2D eigenvalue weighted by atomic mass is 9.41. The summed E-state index contributed by atoms with van der Waals surface area (Å²) in [4.78, 5) is 14.1. The quantitative estimate of drug-likeness (QED) is 0.0631. The van der Waals surface area contributed by atoms with Crippen LogP contribution in [0.15, 0.2) is 12.2 Å². The van der Waals surface area contributed by atoms with Crippen molar-refractivity contribution < 1.29 is 89.4 Å². The Balaban J connectivity index is 1.10. The van der Waals surface area contributed by atoms with Crippen LogP contribution in [0, 0.1) is 28.1 Å². The highest BCUT2D eigenvalue weighted by atomic mass is 16.8. The number of carbonyl (C=O) groups is 1. The molecule has 1 spiro atoms. The molecule has 3 saturated heterocycles. The molecule has 2 bridgehead atoms. The van der Waals surface area contributed by atoms with Crippen LogP contribution in [0.3, 0.4) is 0 Å². The molecule has 56 heavy (non-hydrogen) atoms. The molecule has 3 aliphatic heterocycles. The van der Waals surface area contributed by atoms with Gasteiger partial charge >= 0.3 is 5.97 Å². The maximum atomic E-state index is 14.1. The van der Waals surface area contributed by atoms with Crippen LogP contribution in [0.5, 0.6) is 0 Å². The monoisotopic (exact) mass is 804 g/mol. The van der Waals surface area contributed by atoms with Crippen molar-refractivity contribution in [2.75, 3.05) is 19.8 Å². The highest BCUT2D eigenvalue weighted by Gasteiger charge is 2.69. The Kier molecular flexibility index (Phi) is 11.9. The maximum Gasteiger partial charge on any atom is 0.314 e. The second-order valence-corrected chi connectivity index (χ2v) is 18.0. The number of rotatable bonds is 9. The van der Waals surface area contributed by atoms with E-state index in [0.717, 1.165) is 18.4 Å². The number of ether oxygens (including phenoxy) is 6. The average Bonchev–Trinajstić information content (AvgIpc) is 3.37. The van der Waals surface area contributed by atoms with Gasteiger partial charge in [-0.3, -0.25) is 4.79 Å². The number of carbonyl (C=O) groups excluding carboxylic acids is 1. The number of hydrogen-bond acceptors (Lipinski definition) is 18. The Morgan fingerprint density at radius 1 is 0.679 bits per heavy atom. The van der Waals surface area contributed by atoms with Gasteiger partial charge in [-0.1, -0.05) is 19.9 Å². The second kappa shape index (κ2) is 15.6. The summed E-state index contributed by atoms with van der Waals surface area (Å²) in [5, 5.41) is 114. The van der Waals surface area contributed by atoms with Gasteiger partial charge in [-0.25, -0.2) is 0 Å². The molecule has 0 radical (unpaired) electrons. The largest absolute Gasteiger partial charge is 0.432 e. The van der Waals surface area contributed by atoms with Gasteiger partial charge in [0.05, 0.1) is 30.8 Å². The molecule has 3 heterocycles. The molecule has 4 aliphatic carbocycles. The van der Waals surface area contributed by atoms with Crippen LogP contribution in [0.1, 0.15) is 71.6 Å². The van der Waals surface area contributed by atoms with Crippen LogP contribution >= 0.6 is 0 Å². The van der Waals surface area contributed by atoms with Crippen molar-refractivity contribution in [1.29, 1.82) is 0 Å². The highest BCUT2D eigenvalue weighted by molar-refractivity contribution is 5.77. The predicted molar refractivity (Wildman–Crippen MR) is 186 cm³/mol. The normalized spacial score (nSPS) is 54.6. The molecule has 11 N–H and O–H groups in total. The minimum absolute atomic E-state index is 0.121. The zero-order valence-corrected chi connectivity index (χ0v) is 31.8. The summed E-state index contributed by atoms with van der Waals surface area (Å²) in [5.41, 5.74) is -1.80. The van der Waals surface area contributed by atoms with E-state index < -0.39 is 129 Å². The second-order valence-electron chi connectivity index (χ2n) is 18.0. The van der Waals surface area contributed by atoms with Gasteiger partial charge in [0.15, 0.2) is 12.6 Å². The van der Waals surface area contributed by atoms with E-state index in [9.17, 15) is 61.0 Å². The van der Waals surface area contributed by atoms with E-state index in [2.05, 4.69) is 13.5 Å². The molecule has 18 nitrogen and oxygen atoms in total. The van der Waals surface area contributed by atoms with Gasteiger partial charge in [0.1, 0.15) is 73.2 Å². The van der Waals surface area contributed by atoms with E-state index in [0.29, 0.717) is 44.9 Å². The molecule has 21 atom stereocenters. The molecule has 4 saturated carbocycles. The summed E-state index contributed by atoms with van der Waals surface area (Å²) >= 11 is 0. The molecule has 7 rings (SSSR count). The van der Waals surface area contributed by atoms with E-state index in [1.807, 2.05) is 6.92 Å². The first-order valence-corrected chi connectivity index (χ1v) is 19.9. The number of hydrogen-bond donors (Lipinski definition) is 11. The van der Waals surface area contributed by atoms with Gasteiger partial charge in [0, 0.05) is 0 Å². The SMILES string of the molecule is C=C1C[C@@]23CC[C@H]4[C@@](C)(CCC[C@@]4(C)C(=O)O[C@@H]4OC(CO)[C@@H](O)[C@@H](O)C4O)[C@@H]2CC[C@@]1(O[C@@H]1OC(CO)[C@@H](O)[C@@H](O)C1O[C@@H]1OC(CO)[C@@H](O)[C@@H](O)C1O)C3. The third-order valence-electron chi connectivity index (χ3n) is 15.0. The third-order valence-corrected chi connectivity index (χ3v) is 15.0. The van der Waals surface area contributed by atoms with E-state index in [1.165, 1.54) is 0 Å². The molecule has 18 heteroatoms. The fourth-order valence-corrected chi connectivity index (χ4v) is 12.0. The zero-order valence-electron chi connectivity index (χ0n) is 31.8. The van der Waals surface area contributed by atoms with Crippen molar-refractivity contribution in [2.24, 2.45) is 28.1 Å². The first-order valence-electron chi connectivity index (χ1n) is 19.9. The first-order chi connectivity index (χ1) is 26.4. The molecule has 7 aliphatic rings. The lowest BCUT2D eigenvalue weighted by Crippen LogP contribution is -2.65. The van der Waals surface area contributed by atoms with Gasteiger partial charge in [-0.2, -0.15) is 0 Å². The summed E-state index contributed by atoms with van der Waals surface area (Å²) < 4.78 is 35.6. The standard InChI is InChI=1S/C38H60O18/c1-16-11-37-9-5-20-35(2,7-4-8-36(20,3)34(50)55-32-29(49)26(46)23(43)18(13-40)52-32)21(37)6-10-38(16,15-37)56-33-30(27(47)24(44)19(14-41)53-33)54-31-28(48)25(45)22(42)17(12-39)51-31/h17-33,39-49H,1,4-15H2,2-3H3/t17?,18?,19?,20-,21-,22+,23+,24+,25+,26+,27+,28?,29?,30?,31-,32-,33-,35+,36+,37+,38+/m0/s1. The van der Waals surface area contributed by atoms with E-state index in [-0.39, 0.29) is 22.7 Å². The molecular weight excluding hydrogens is 744 g/mol. The smallest absolute Gasteiger partial charge is 0.314 e. The Morgan fingerprint density at radius 2 is 1.21 bits per heavy atom. The lowest BCUT2D eigenvalue weighted by Gasteiger charge is -2.64. The molecule has 0 aromatic heterocycles. The van der Waals surface area contributed by atoms with Gasteiger partial charge in [0.2, 0.25) is 6.29 Å². The third kappa shape index (κ3) is 6.69. The van der Waals surface area contributed by atoms with Crippen molar-refractivity contribution in [1.82, 2.24) is 0 Å². The van der Waals surface area contributed by atoms with Crippen LogP contribution in [0.2, 0.25) is 0 Å². The Labute approximate surface area is 324 Å². The Bertz CT molecular complexity index is 1450. The molecule has 6 unspecified atom stereocenters. The first kappa shape index (κ1) is 42.7. The highest BCUT2D eigenvalue weighted by Crippen LogP contribution is 2.73. The Hall–Kier alpha value is -1.43. The average molecular weight is 805 g/mol. The minimum Gasteiger partial charge on any atom is -0.432 e. The van der Waals surface area contributed by atoms with Gasteiger partial charge in [-0.15, -0.1) is 0 Å². The Morgan fingerprint density at radius 3 is 1.82 bits per heavy atom. The van der Waals surface area contributed by atoms with Crippen molar-refractivity contribution in [3.63, 3.8) is 0 Å². The topological polar surface area (TPSA) is 295 Å².